The molecule has 1 saturated heterocycles. The lowest BCUT2D eigenvalue weighted by Crippen LogP contribution is -2.37. The van der Waals surface area contributed by atoms with Crippen LogP contribution in [0.5, 0.6) is 0 Å². The molecule has 1 aliphatic heterocycles. The highest BCUT2D eigenvalue weighted by molar-refractivity contribution is 7.16. The van der Waals surface area contributed by atoms with Crippen LogP contribution in [-0.2, 0) is 17.6 Å². The number of thiophene rings is 1. The lowest BCUT2D eigenvalue weighted by atomic mass is 9.87. The van der Waals surface area contributed by atoms with Crippen molar-refractivity contribution in [2.75, 3.05) is 25.0 Å². The van der Waals surface area contributed by atoms with Crippen molar-refractivity contribution in [3.8, 4) is 6.07 Å². The van der Waals surface area contributed by atoms with Crippen LogP contribution in [0.3, 0.4) is 0 Å². The molecule has 1 aromatic carbocycles. The molecular formula is C25H31N3O2S. The Hall–Kier alpha value is -2.20. The molecule has 2 N–H and O–H groups in total. The van der Waals surface area contributed by atoms with E-state index in [1.807, 2.05) is 30.3 Å². The Kier molecular flexibility index (Phi) is 7.39. The standard InChI is InChI=1S/C25H31N3O2S/c26-17-21-20-9-5-2-6-10-22(20)31-25(21)27-23(29)13-16-28-14-11-19(12-15-28)24(30)18-7-3-1-4-8-18/h1,3-4,7-8,19,24,30H,2,5-6,9-16H2,(H,27,29). The molecule has 2 aromatic rings. The van der Waals surface area contributed by atoms with E-state index < -0.39 is 6.10 Å². The summed E-state index contributed by atoms with van der Waals surface area (Å²) in [4.78, 5) is 16.2. The van der Waals surface area contributed by atoms with Crippen molar-refractivity contribution in [3.05, 3.63) is 51.9 Å². The van der Waals surface area contributed by atoms with Crippen molar-refractivity contribution in [1.29, 1.82) is 5.26 Å². The van der Waals surface area contributed by atoms with Crippen molar-refractivity contribution >= 4 is 22.2 Å². The smallest absolute Gasteiger partial charge is 0.226 e. The molecule has 1 aliphatic carbocycles. The molecule has 0 spiro atoms. The predicted molar refractivity (Wildman–Crippen MR) is 124 cm³/mol. The topological polar surface area (TPSA) is 76.4 Å². The van der Waals surface area contributed by atoms with Gasteiger partial charge in [-0.25, -0.2) is 0 Å². The third kappa shape index (κ3) is 5.35. The van der Waals surface area contributed by atoms with Gasteiger partial charge < -0.3 is 15.3 Å². The van der Waals surface area contributed by atoms with Crippen molar-refractivity contribution in [2.45, 2.75) is 57.5 Å². The van der Waals surface area contributed by atoms with Crippen LogP contribution in [0.2, 0.25) is 0 Å². The molecular weight excluding hydrogens is 406 g/mol. The molecule has 5 nitrogen and oxygen atoms in total. The monoisotopic (exact) mass is 437 g/mol. The number of hydrogen-bond acceptors (Lipinski definition) is 5. The average molecular weight is 438 g/mol. The summed E-state index contributed by atoms with van der Waals surface area (Å²) in [7, 11) is 0. The summed E-state index contributed by atoms with van der Waals surface area (Å²) in [6, 6.07) is 12.2. The van der Waals surface area contributed by atoms with Crippen LogP contribution in [0.25, 0.3) is 0 Å². The third-order valence-corrected chi connectivity index (χ3v) is 7.87. The second kappa shape index (κ2) is 10.4. The van der Waals surface area contributed by atoms with Gasteiger partial charge in [0, 0.05) is 17.8 Å². The average Bonchev–Trinajstić information content (AvgIpc) is 2.96. The number of hydrogen-bond donors (Lipinski definition) is 2. The quantitative estimate of drug-likeness (QED) is 0.644. The molecule has 2 aliphatic rings. The van der Waals surface area contributed by atoms with Crippen LogP contribution in [0, 0.1) is 17.2 Å². The van der Waals surface area contributed by atoms with E-state index in [0.29, 0.717) is 18.5 Å². The van der Waals surface area contributed by atoms with Crippen molar-refractivity contribution in [1.82, 2.24) is 4.90 Å². The van der Waals surface area contributed by atoms with Crippen molar-refractivity contribution in [3.63, 3.8) is 0 Å². The first-order chi connectivity index (χ1) is 15.2. The molecule has 1 amide bonds. The Balaban J connectivity index is 1.25. The summed E-state index contributed by atoms with van der Waals surface area (Å²) in [5, 5.41) is 24.0. The lowest BCUT2D eigenvalue weighted by Gasteiger charge is -2.34. The van der Waals surface area contributed by atoms with Gasteiger partial charge in [-0.2, -0.15) is 5.26 Å². The van der Waals surface area contributed by atoms with Crippen LogP contribution in [0.4, 0.5) is 5.00 Å². The van der Waals surface area contributed by atoms with E-state index in [2.05, 4.69) is 16.3 Å². The first-order valence-corrected chi connectivity index (χ1v) is 12.3. The van der Waals surface area contributed by atoms with Gasteiger partial charge in [0.2, 0.25) is 5.91 Å². The number of carbonyl (C=O) groups is 1. The minimum absolute atomic E-state index is 0.0145. The second-order valence-electron chi connectivity index (χ2n) is 8.71. The molecule has 2 heterocycles. The number of amides is 1. The fourth-order valence-electron chi connectivity index (χ4n) is 4.81. The van der Waals surface area contributed by atoms with Gasteiger partial charge in [-0.15, -0.1) is 11.3 Å². The Morgan fingerprint density at radius 1 is 1.19 bits per heavy atom. The zero-order chi connectivity index (χ0) is 21.6. The van der Waals surface area contributed by atoms with Crippen LogP contribution in [0.15, 0.2) is 30.3 Å². The summed E-state index contributed by atoms with van der Waals surface area (Å²) >= 11 is 1.60. The minimum Gasteiger partial charge on any atom is -0.388 e. The highest BCUT2D eigenvalue weighted by Gasteiger charge is 2.26. The number of likely N-dealkylation sites (tertiary alicyclic amines) is 1. The van der Waals surface area contributed by atoms with Gasteiger partial charge in [-0.05, 0) is 68.7 Å². The normalized spacial score (nSPS) is 18.6. The Bertz CT molecular complexity index is 926. The largest absolute Gasteiger partial charge is 0.388 e. The van der Waals surface area contributed by atoms with Crippen LogP contribution in [-0.4, -0.2) is 35.5 Å². The molecule has 0 radical (unpaired) electrons. The molecule has 1 unspecified atom stereocenters. The SMILES string of the molecule is N#Cc1c(NC(=O)CCN2CCC(C(O)c3ccccc3)CC2)sc2c1CCCCC2. The fourth-order valence-corrected chi connectivity index (χ4v) is 6.07. The molecule has 1 atom stereocenters. The first-order valence-electron chi connectivity index (χ1n) is 11.5. The Labute approximate surface area is 188 Å². The number of aliphatic hydroxyl groups excluding tert-OH is 1. The molecule has 1 aromatic heterocycles. The Morgan fingerprint density at radius 2 is 1.94 bits per heavy atom. The first kappa shape index (κ1) is 22.0. The van der Waals surface area contributed by atoms with E-state index in [1.165, 1.54) is 23.3 Å². The van der Waals surface area contributed by atoms with Crippen LogP contribution in [0.1, 0.15) is 66.2 Å². The summed E-state index contributed by atoms with van der Waals surface area (Å²) in [5.74, 6) is 0.256. The highest BCUT2D eigenvalue weighted by Crippen LogP contribution is 2.37. The second-order valence-corrected chi connectivity index (χ2v) is 9.82. The van der Waals surface area contributed by atoms with Gasteiger partial charge in [-0.1, -0.05) is 36.8 Å². The zero-order valence-corrected chi connectivity index (χ0v) is 18.8. The molecule has 0 bridgehead atoms. The maximum absolute atomic E-state index is 12.6. The number of aliphatic hydroxyl groups is 1. The number of piperidine rings is 1. The molecule has 4 rings (SSSR count). The third-order valence-electron chi connectivity index (χ3n) is 6.66. The van der Waals surface area contributed by atoms with E-state index in [4.69, 9.17) is 0 Å². The number of anilines is 1. The van der Waals surface area contributed by atoms with Gasteiger partial charge in [0.25, 0.3) is 0 Å². The number of aryl methyl sites for hydroxylation is 1. The van der Waals surface area contributed by atoms with E-state index in [9.17, 15) is 15.2 Å². The number of rotatable bonds is 6. The van der Waals surface area contributed by atoms with Crippen LogP contribution >= 0.6 is 11.3 Å². The summed E-state index contributed by atoms with van der Waals surface area (Å²) in [6.07, 6.45) is 7.38. The number of nitriles is 1. The molecule has 0 saturated carbocycles. The fraction of sp³-hybridized carbons (Fsp3) is 0.520. The molecule has 6 heteroatoms. The van der Waals surface area contributed by atoms with E-state index in [0.717, 1.165) is 55.8 Å². The lowest BCUT2D eigenvalue weighted by molar-refractivity contribution is -0.116. The molecule has 164 valence electrons. The van der Waals surface area contributed by atoms with E-state index >= 15 is 0 Å². The number of benzene rings is 1. The van der Waals surface area contributed by atoms with Crippen molar-refractivity contribution < 1.29 is 9.90 Å². The van der Waals surface area contributed by atoms with Gasteiger partial charge in [0.15, 0.2) is 0 Å². The van der Waals surface area contributed by atoms with Crippen LogP contribution < -0.4 is 5.32 Å². The van der Waals surface area contributed by atoms with Gasteiger partial charge in [0.05, 0.1) is 11.7 Å². The van der Waals surface area contributed by atoms with E-state index in [-0.39, 0.29) is 11.8 Å². The molecule has 31 heavy (non-hydrogen) atoms. The number of carbonyl (C=O) groups excluding carboxylic acids is 1. The minimum atomic E-state index is -0.412. The molecule has 1 fully saturated rings. The zero-order valence-electron chi connectivity index (χ0n) is 18.0. The van der Waals surface area contributed by atoms with Gasteiger partial charge >= 0.3 is 0 Å². The van der Waals surface area contributed by atoms with Crippen molar-refractivity contribution in [2.24, 2.45) is 5.92 Å². The van der Waals surface area contributed by atoms with Gasteiger partial charge in [0.1, 0.15) is 11.1 Å². The number of nitrogens with zero attached hydrogens (tertiary/aromatic N) is 2. The van der Waals surface area contributed by atoms with E-state index in [1.54, 1.807) is 11.3 Å². The summed E-state index contributed by atoms with van der Waals surface area (Å²) in [6.45, 7) is 2.52. The summed E-state index contributed by atoms with van der Waals surface area (Å²) < 4.78 is 0. The summed E-state index contributed by atoms with van der Waals surface area (Å²) in [5.41, 5.74) is 2.84. The Morgan fingerprint density at radius 3 is 2.68 bits per heavy atom. The number of fused-ring (bicyclic) bond motifs is 1. The van der Waals surface area contributed by atoms with Gasteiger partial charge in [-0.3, -0.25) is 4.79 Å². The number of nitrogens with one attached hydrogen (secondary N) is 1. The maximum atomic E-state index is 12.6. The highest BCUT2D eigenvalue weighted by atomic mass is 32.1. The maximum Gasteiger partial charge on any atom is 0.226 e. The predicted octanol–water partition coefficient (Wildman–Crippen LogP) is 4.66.